The Hall–Kier alpha value is -1.21. The van der Waals surface area contributed by atoms with Gasteiger partial charge in [0.15, 0.2) is 5.16 Å². The summed E-state index contributed by atoms with van der Waals surface area (Å²) in [5.41, 5.74) is 3.41. The lowest BCUT2D eigenvalue weighted by Gasteiger charge is -2.09. The molecule has 0 aliphatic heterocycles. The molecule has 0 unspecified atom stereocenters. The first-order valence-electron chi connectivity index (χ1n) is 5.95. The summed E-state index contributed by atoms with van der Waals surface area (Å²) in [6.07, 6.45) is 6.89. The van der Waals surface area contributed by atoms with Crippen molar-refractivity contribution in [1.29, 1.82) is 0 Å². The van der Waals surface area contributed by atoms with Crippen LogP contribution in [0.5, 0.6) is 0 Å². The summed E-state index contributed by atoms with van der Waals surface area (Å²) < 4.78 is 2.89. The number of rotatable bonds is 1. The lowest BCUT2D eigenvalue weighted by molar-refractivity contribution is 0.697. The van der Waals surface area contributed by atoms with E-state index >= 15 is 0 Å². The average molecular weight is 277 g/mol. The number of hydrogen-bond donors (Lipinski definition) is 0. The molecule has 0 amide bonds. The van der Waals surface area contributed by atoms with Crippen LogP contribution >= 0.6 is 23.1 Å². The van der Waals surface area contributed by atoms with Crippen LogP contribution in [-0.2, 0) is 12.8 Å². The first kappa shape index (κ1) is 10.7. The fourth-order valence-corrected chi connectivity index (χ4v) is 4.33. The predicted octanol–water partition coefficient (Wildman–Crippen LogP) is 2.33. The predicted molar refractivity (Wildman–Crippen MR) is 72.4 cm³/mol. The van der Waals surface area contributed by atoms with Gasteiger partial charge in [0.05, 0.1) is 5.52 Å². The molecule has 1 aliphatic carbocycles. The third kappa shape index (κ3) is 1.34. The van der Waals surface area contributed by atoms with Crippen LogP contribution in [0.4, 0.5) is 0 Å². The van der Waals surface area contributed by atoms with Gasteiger partial charge in [0.25, 0.3) is 0 Å². The Kier molecular flexibility index (Phi) is 2.31. The molecular formula is C11H11N5S2. The summed E-state index contributed by atoms with van der Waals surface area (Å²) in [5.74, 6) is 0. The van der Waals surface area contributed by atoms with Gasteiger partial charge in [-0.2, -0.15) is 4.52 Å². The van der Waals surface area contributed by atoms with E-state index in [9.17, 15) is 0 Å². The molecule has 3 aromatic rings. The standard InChI is InChI=1S/C11H11N5S2/c1-17-11-12-8-6-4-2-3-5-7(6)18-9(8)10-13-14-15-16(10)11/h2-5H2,1H3. The van der Waals surface area contributed by atoms with Gasteiger partial charge in [0.1, 0.15) is 4.70 Å². The molecule has 0 spiro atoms. The molecule has 92 valence electrons. The van der Waals surface area contributed by atoms with Gasteiger partial charge in [0.2, 0.25) is 5.65 Å². The number of fused-ring (bicyclic) bond motifs is 5. The highest BCUT2D eigenvalue weighted by Gasteiger charge is 2.21. The van der Waals surface area contributed by atoms with E-state index in [0.717, 1.165) is 27.4 Å². The molecule has 3 heterocycles. The number of thiophene rings is 1. The Morgan fingerprint density at radius 1 is 1.28 bits per heavy atom. The Bertz CT molecular complexity index is 745. The van der Waals surface area contributed by atoms with Gasteiger partial charge < -0.3 is 0 Å². The molecule has 18 heavy (non-hydrogen) atoms. The second kappa shape index (κ2) is 3.89. The molecule has 7 heteroatoms. The minimum Gasteiger partial charge on any atom is -0.221 e. The molecule has 0 aromatic carbocycles. The number of aromatic nitrogens is 5. The van der Waals surface area contributed by atoms with Crippen LogP contribution in [0.1, 0.15) is 23.3 Å². The van der Waals surface area contributed by atoms with Crippen LogP contribution in [0.15, 0.2) is 5.16 Å². The summed E-state index contributed by atoms with van der Waals surface area (Å²) in [6, 6.07) is 0. The lowest BCUT2D eigenvalue weighted by Crippen LogP contribution is -2.00. The Morgan fingerprint density at radius 2 is 2.17 bits per heavy atom. The van der Waals surface area contributed by atoms with Gasteiger partial charge in [0, 0.05) is 4.88 Å². The summed E-state index contributed by atoms with van der Waals surface area (Å²) in [4.78, 5) is 6.24. The van der Waals surface area contributed by atoms with Gasteiger partial charge in [-0.3, -0.25) is 0 Å². The third-order valence-electron chi connectivity index (χ3n) is 3.39. The largest absolute Gasteiger partial charge is 0.221 e. The maximum Gasteiger partial charge on any atom is 0.201 e. The van der Waals surface area contributed by atoms with Crippen LogP contribution in [0.25, 0.3) is 15.9 Å². The number of tetrazole rings is 1. The van der Waals surface area contributed by atoms with Gasteiger partial charge in [-0.25, -0.2) is 4.98 Å². The Morgan fingerprint density at radius 3 is 3.06 bits per heavy atom. The third-order valence-corrected chi connectivity index (χ3v) is 5.29. The highest BCUT2D eigenvalue weighted by molar-refractivity contribution is 7.98. The quantitative estimate of drug-likeness (QED) is 0.505. The topological polar surface area (TPSA) is 56.0 Å². The van der Waals surface area contributed by atoms with E-state index in [1.54, 1.807) is 16.3 Å². The monoisotopic (exact) mass is 277 g/mol. The Labute approximate surface area is 112 Å². The average Bonchev–Trinajstić information content (AvgIpc) is 3.01. The minimum absolute atomic E-state index is 0.851. The highest BCUT2D eigenvalue weighted by atomic mass is 32.2. The first-order chi connectivity index (χ1) is 8.88. The molecule has 5 nitrogen and oxygen atoms in total. The van der Waals surface area contributed by atoms with Crippen molar-refractivity contribution in [3.63, 3.8) is 0 Å². The number of nitrogens with zero attached hydrogens (tertiary/aromatic N) is 5. The van der Waals surface area contributed by atoms with Gasteiger partial charge >= 0.3 is 0 Å². The van der Waals surface area contributed by atoms with Crippen molar-refractivity contribution in [2.45, 2.75) is 30.8 Å². The van der Waals surface area contributed by atoms with E-state index in [0.29, 0.717) is 0 Å². The van der Waals surface area contributed by atoms with Crippen molar-refractivity contribution in [1.82, 2.24) is 25.0 Å². The summed E-state index contributed by atoms with van der Waals surface area (Å²) in [7, 11) is 0. The van der Waals surface area contributed by atoms with Crippen molar-refractivity contribution in [2.75, 3.05) is 6.26 Å². The molecule has 4 rings (SSSR count). The van der Waals surface area contributed by atoms with E-state index in [1.807, 2.05) is 17.6 Å². The minimum atomic E-state index is 0.851. The van der Waals surface area contributed by atoms with Crippen molar-refractivity contribution >= 4 is 39.0 Å². The Balaban J connectivity index is 2.16. The molecule has 0 atom stereocenters. The van der Waals surface area contributed by atoms with Crippen molar-refractivity contribution in [2.24, 2.45) is 0 Å². The van der Waals surface area contributed by atoms with Gasteiger partial charge in [-0.1, -0.05) is 11.8 Å². The molecule has 0 radical (unpaired) electrons. The van der Waals surface area contributed by atoms with Crippen molar-refractivity contribution in [3.8, 4) is 0 Å². The highest BCUT2D eigenvalue weighted by Crippen LogP contribution is 2.37. The maximum absolute atomic E-state index is 4.76. The fraction of sp³-hybridized carbons (Fsp3) is 0.455. The molecule has 0 fully saturated rings. The van der Waals surface area contributed by atoms with Crippen LogP contribution in [0.2, 0.25) is 0 Å². The van der Waals surface area contributed by atoms with E-state index in [-0.39, 0.29) is 0 Å². The van der Waals surface area contributed by atoms with Gasteiger partial charge in [-0.05, 0) is 47.9 Å². The fourth-order valence-electron chi connectivity index (χ4n) is 2.55. The summed E-state index contributed by atoms with van der Waals surface area (Å²) >= 11 is 3.40. The zero-order valence-electron chi connectivity index (χ0n) is 9.88. The van der Waals surface area contributed by atoms with Crippen molar-refractivity contribution in [3.05, 3.63) is 10.4 Å². The zero-order chi connectivity index (χ0) is 12.1. The second-order valence-corrected chi connectivity index (χ2v) is 6.28. The molecule has 0 saturated heterocycles. The van der Waals surface area contributed by atoms with Crippen LogP contribution in [-0.4, -0.2) is 31.3 Å². The molecule has 1 aliphatic rings. The smallest absolute Gasteiger partial charge is 0.201 e. The van der Waals surface area contributed by atoms with E-state index in [1.165, 1.54) is 29.7 Å². The molecule has 0 N–H and O–H groups in total. The number of thioether (sulfide) groups is 1. The van der Waals surface area contributed by atoms with E-state index in [4.69, 9.17) is 4.98 Å². The van der Waals surface area contributed by atoms with Crippen molar-refractivity contribution < 1.29 is 0 Å². The van der Waals surface area contributed by atoms with Crippen LogP contribution in [0, 0.1) is 0 Å². The van der Waals surface area contributed by atoms with Gasteiger partial charge in [-0.15, -0.1) is 16.4 Å². The normalized spacial score (nSPS) is 15.4. The summed E-state index contributed by atoms with van der Waals surface area (Å²) in [5, 5.41) is 12.8. The molecule has 3 aromatic heterocycles. The maximum atomic E-state index is 4.76. The molecular weight excluding hydrogens is 266 g/mol. The first-order valence-corrected chi connectivity index (χ1v) is 7.99. The second-order valence-electron chi connectivity index (χ2n) is 4.40. The molecule has 0 bridgehead atoms. The zero-order valence-corrected chi connectivity index (χ0v) is 11.5. The van der Waals surface area contributed by atoms with Crippen LogP contribution < -0.4 is 0 Å². The SMILES string of the molecule is CSc1nc2c3c(sc2c2nnnn12)CCCC3. The molecule has 0 saturated carbocycles. The number of aryl methyl sites for hydroxylation is 2. The van der Waals surface area contributed by atoms with E-state index in [2.05, 4.69) is 15.5 Å². The lowest BCUT2D eigenvalue weighted by atomic mass is 9.98. The van der Waals surface area contributed by atoms with E-state index < -0.39 is 0 Å². The summed E-state index contributed by atoms with van der Waals surface area (Å²) in [6.45, 7) is 0. The van der Waals surface area contributed by atoms with Crippen LogP contribution in [0.3, 0.4) is 0 Å². The number of hydrogen-bond acceptors (Lipinski definition) is 6.